The summed E-state index contributed by atoms with van der Waals surface area (Å²) in [4.78, 5) is 19.7. The zero-order valence-electron chi connectivity index (χ0n) is 20.7. The number of ether oxygens (including phenoxy) is 2. The van der Waals surface area contributed by atoms with Crippen molar-refractivity contribution in [1.29, 1.82) is 0 Å². The molecule has 194 valence electrons. The third-order valence-electron chi connectivity index (χ3n) is 5.52. The Morgan fingerprint density at radius 1 is 1.08 bits per heavy atom. The maximum atomic E-state index is 12.6. The largest absolute Gasteiger partial charge is 0.497 e. The Hall–Kier alpha value is -4.28. The molecule has 2 aromatic heterocycles. The second-order valence-electron chi connectivity index (χ2n) is 8.71. The van der Waals surface area contributed by atoms with Gasteiger partial charge in [0.05, 0.1) is 18.8 Å². The summed E-state index contributed by atoms with van der Waals surface area (Å²) in [5.74, 6) is 2.26. The van der Waals surface area contributed by atoms with Crippen molar-refractivity contribution < 1.29 is 23.0 Å². The molecule has 1 aliphatic rings. The quantitative estimate of drug-likeness (QED) is 0.272. The van der Waals surface area contributed by atoms with Gasteiger partial charge in [0.1, 0.15) is 11.6 Å². The number of halogens is 2. The van der Waals surface area contributed by atoms with Crippen molar-refractivity contribution in [3.8, 4) is 11.5 Å². The Kier molecular flexibility index (Phi) is 8.11. The van der Waals surface area contributed by atoms with E-state index in [2.05, 4.69) is 35.5 Å². The predicted octanol–water partition coefficient (Wildman–Crippen LogP) is 5.87. The van der Waals surface area contributed by atoms with Crippen LogP contribution in [0.25, 0.3) is 10.9 Å². The molecule has 3 N–H and O–H groups in total. The van der Waals surface area contributed by atoms with Crippen LogP contribution in [-0.2, 0) is 4.79 Å². The zero-order valence-corrected chi connectivity index (χ0v) is 20.7. The first-order valence-corrected chi connectivity index (χ1v) is 11.8. The lowest BCUT2D eigenvalue weighted by molar-refractivity contribution is -0.117. The lowest BCUT2D eigenvalue weighted by Gasteiger charge is -2.12. The fraction of sp³-hybridized carbons (Fsp3) is 0.308. The van der Waals surface area contributed by atoms with E-state index in [0.29, 0.717) is 11.6 Å². The highest BCUT2D eigenvalue weighted by atomic mass is 19.3. The van der Waals surface area contributed by atoms with E-state index >= 15 is 0 Å². The summed E-state index contributed by atoms with van der Waals surface area (Å²) >= 11 is 0. The maximum Gasteiger partial charge on any atom is 0.387 e. The van der Waals surface area contributed by atoms with Crippen LogP contribution in [0.5, 0.6) is 11.5 Å². The zero-order chi connectivity index (χ0) is 26.4. The fourth-order valence-electron chi connectivity index (χ4n) is 3.37. The minimum atomic E-state index is -2.96. The van der Waals surface area contributed by atoms with Crippen molar-refractivity contribution in [3.63, 3.8) is 0 Å². The van der Waals surface area contributed by atoms with Crippen LogP contribution >= 0.6 is 0 Å². The van der Waals surface area contributed by atoms with Crippen LogP contribution in [0.15, 0.2) is 54.7 Å². The number of fused-ring (bicyclic) bond motifs is 1. The van der Waals surface area contributed by atoms with Crippen molar-refractivity contribution in [2.45, 2.75) is 39.2 Å². The van der Waals surface area contributed by atoms with Crippen molar-refractivity contribution >= 4 is 34.1 Å². The molecule has 0 spiro atoms. The highest BCUT2D eigenvalue weighted by Crippen LogP contribution is 2.31. The summed E-state index contributed by atoms with van der Waals surface area (Å²) in [5.41, 5.74) is 1.66. The van der Waals surface area contributed by atoms with Gasteiger partial charge in [-0.15, -0.1) is 0 Å². The molecular weight excluding hydrogens is 482 g/mol. The number of para-hydroxylation sites is 1. The Balaban J connectivity index is 0.000000195. The van der Waals surface area contributed by atoms with Crippen molar-refractivity contribution in [3.05, 3.63) is 60.6 Å². The summed E-state index contributed by atoms with van der Waals surface area (Å²) in [6.07, 6.45) is 3.30. The number of aromatic amines is 1. The van der Waals surface area contributed by atoms with Gasteiger partial charge in [0, 0.05) is 22.9 Å². The van der Waals surface area contributed by atoms with E-state index in [-0.39, 0.29) is 29.3 Å². The average molecular weight is 511 g/mol. The number of H-pyrrole nitrogens is 1. The van der Waals surface area contributed by atoms with Gasteiger partial charge in [-0.1, -0.05) is 26.0 Å². The highest BCUT2D eigenvalue weighted by Gasteiger charge is 2.29. The van der Waals surface area contributed by atoms with Crippen molar-refractivity contribution in [2.24, 2.45) is 5.92 Å². The molecule has 1 amide bonds. The SMILES string of the molecule is CC(C)c1ncc(OC(F)F)c(Nc2n[nH]c3ccccc23)n1.COc1ccc(NC(=O)C2CC2)cc1. The molecule has 0 atom stereocenters. The third kappa shape index (κ3) is 6.90. The number of benzene rings is 2. The molecule has 0 aliphatic heterocycles. The second kappa shape index (κ2) is 11.6. The number of carbonyl (C=O) groups excluding carboxylic acids is 1. The van der Waals surface area contributed by atoms with E-state index in [4.69, 9.17) is 4.74 Å². The van der Waals surface area contributed by atoms with Gasteiger partial charge in [-0.3, -0.25) is 9.89 Å². The highest BCUT2D eigenvalue weighted by molar-refractivity contribution is 5.94. The van der Waals surface area contributed by atoms with Gasteiger partial charge in [-0.25, -0.2) is 9.97 Å². The summed E-state index contributed by atoms with van der Waals surface area (Å²) in [6, 6.07) is 14.8. The number of nitrogens with one attached hydrogen (secondary N) is 3. The molecule has 11 heteroatoms. The van der Waals surface area contributed by atoms with Crippen LogP contribution in [0.3, 0.4) is 0 Å². The number of aromatic nitrogens is 4. The molecule has 2 aromatic carbocycles. The van der Waals surface area contributed by atoms with Crippen LogP contribution in [0.2, 0.25) is 0 Å². The second-order valence-corrected chi connectivity index (χ2v) is 8.71. The van der Waals surface area contributed by atoms with Crippen LogP contribution in [0.4, 0.5) is 26.1 Å². The maximum absolute atomic E-state index is 12.6. The Morgan fingerprint density at radius 2 is 1.81 bits per heavy atom. The van der Waals surface area contributed by atoms with Gasteiger partial charge in [0.2, 0.25) is 5.91 Å². The number of rotatable bonds is 8. The van der Waals surface area contributed by atoms with Crippen LogP contribution in [-0.4, -0.2) is 39.8 Å². The van der Waals surface area contributed by atoms with Crippen LogP contribution in [0, 0.1) is 5.92 Å². The molecule has 0 unspecified atom stereocenters. The smallest absolute Gasteiger partial charge is 0.387 e. The number of carbonyl (C=O) groups is 1. The molecule has 4 aromatic rings. The van der Waals surface area contributed by atoms with Crippen LogP contribution < -0.4 is 20.1 Å². The van der Waals surface area contributed by atoms with Gasteiger partial charge in [-0.05, 0) is 49.2 Å². The van der Waals surface area contributed by atoms with E-state index in [1.165, 1.54) is 6.20 Å². The summed E-state index contributed by atoms with van der Waals surface area (Å²) < 4.78 is 34.6. The summed E-state index contributed by atoms with van der Waals surface area (Å²) in [7, 11) is 1.62. The number of hydrogen-bond donors (Lipinski definition) is 3. The van der Waals surface area contributed by atoms with Gasteiger partial charge in [0.25, 0.3) is 0 Å². The summed E-state index contributed by atoms with van der Waals surface area (Å²) in [6.45, 7) is 0.868. The van der Waals surface area contributed by atoms with Crippen molar-refractivity contribution in [1.82, 2.24) is 20.2 Å². The Labute approximate surface area is 212 Å². The molecule has 0 saturated heterocycles. The monoisotopic (exact) mass is 510 g/mol. The van der Waals surface area contributed by atoms with Gasteiger partial charge < -0.3 is 20.1 Å². The van der Waals surface area contributed by atoms with Crippen LogP contribution in [0.1, 0.15) is 38.4 Å². The Morgan fingerprint density at radius 3 is 2.46 bits per heavy atom. The molecule has 2 heterocycles. The minimum absolute atomic E-state index is 0.0482. The number of anilines is 3. The molecule has 1 aliphatic carbocycles. The van der Waals surface area contributed by atoms with E-state index < -0.39 is 6.61 Å². The summed E-state index contributed by atoms with van der Waals surface area (Å²) in [5, 5.41) is 13.6. The van der Waals surface area contributed by atoms with Gasteiger partial charge >= 0.3 is 6.61 Å². The third-order valence-corrected chi connectivity index (χ3v) is 5.52. The van der Waals surface area contributed by atoms with E-state index in [1.807, 2.05) is 62.4 Å². The average Bonchev–Trinajstić information content (AvgIpc) is 3.67. The number of nitrogens with zero attached hydrogens (tertiary/aromatic N) is 3. The molecule has 1 saturated carbocycles. The topological polar surface area (TPSA) is 114 Å². The first-order chi connectivity index (χ1) is 17.8. The number of alkyl halides is 2. The number of methoxy groups -OCH3 is 1. The Bertz CT molecular complexity index is 1340. The first-order valence-electron chi connectivity index (χ1n) is 11.8. The normalized spacial score (nSPS) is 12.7. The molecule has 5 rings (SSSR count). The first kappa shape index (κ1) is 25.8. The van der Waals surface area contributed by atoms with E-state index in [0.717, 1.165) is 35.2 Å². The lowest BCUT2D eigenvalue weighted by atomic mass is 10.2. The molecule has 37 heavy (non-hydrogen) atoms. The fourth-order valence-corrected chi connectivity index (χ4v) is 3.37. The molecule has 1 fully saturated rings. The standard InChI is InChI=1S/C15H15F2N5O.C11H13NO2/c1-8(2)12-18-7-11(23-15(16)17)14(19-12)20-13-9-5-3-4-6-10(9)21-22-13;1-14-10-6-4-9(5-7-10)12-11(13)8-2-3-8/h3-8,15H,1-2H3,(H2,18,19,20,21,22);4-8H,2-3H2,1H3,(H,12,13). The van der Waals surface area contributed by atoms with Crippen molar-refractivity contribution in [2.75, 3.05) is 17.7 Å². The molecule has 0 radical (unpaired) electrons. The minimum Gasteiger partial charge on any atom is -0.497 e. The molecule has 0 bridgehead atoms. The van der Waals surface area contributed by atoms with Gasteiger partial charge in [0.15, 0.2) is 17.4 Å². The number of amides is 1. The molecule has 9 nitrogen and oxygen atoms in total. The molecular formula is C26H28F2N6O3. The predicted molar refractivity (Wildman–Crippen MR) is 136 cm³/mol. The lowest BCUT2D eigenvalue weighted by Crippen LogP contribution is -2.12. The van der Waals surface area contributed by atoms with E-state index in [9.17, 15) is 13.6 Å². The number of hydrogen-bond acceptors (Lipinski definition) is 7. The van der Waals surface area contributed by atoms with E-state index in [1.54, 1.807) is 7.11 Å². The van der Waals surface area contributed by atoms with Gasteiger partial charge in [-0.2, -0.15) is 13.9 Å².